The molecule has 2 aromatic rings. The van der Waals surface area contributed by atoms with Gasteiger partial charge in [-0.15, -0.1) is 0 Å². The minimum atomic E-state index is -0.206. The molecule has 0 aliphatic carbocycles. The third-order valence-corrected chi connectivity index (χ3v) is 2.86. The summed E-state index contributed by atoms with van der Waals surface area (Å²) in [5, 5.41) is 4.26. The van der Waals surface area contributed by atoms with Gasteiger partial charge in [0.05, 0.1) is 18.2 Å². The molecule has 0 aliphatic heterocycles. The predicted molar refractivity (Wildman–Crippen MR) is 72.4 cm³/mol. The summed E-state index contributed by atoms with van der Waals surface area (Å²) in [5.41, 5.74) is 1.95. The van der Waals surface area contributed by atoms with Crippen LogP contribution in [0.3, 0.4) is 0 Å². The van der Waals surface area contributed by atoms with Crippen LogP contribution in [0.2, 0.25) is 0 Å². The van der Waals surface area contributed by atoms with Gasteiger partial charge in [-0.3, -0.25) is 9.48 Å². The van der Waals surface area contributed by atoms with Crippen LogP contribution in [0.25, 0.3) is 0 Å². The first kappa shape index (κ1) is 13.3. The Kier molecular flexibility index (Phi) is 4.34. The highest BCUT2D eigenvalue weighted by Crippen LogP contribution is 2.07. The maximum absolute atomic E-state index is 11.9. The normalized spacial score (nSPS) is 12.1. The van der Waals surface area contributed by atoms with E-state index < -0.39 is 0 Å². The molecule has 100 valence electrons. The standard InChI is InChI=1S/C15H18N2O2/c1-12(10-17-9-8-13(2)16-17)15(18)19-11-14-6-4-3-5-7-14/h3-9,12H,10-11H2,1-2H3. The fourth-order valence-electron chi connectivity index (χ4n) is 1.79. The topological polar surface area (TPSA) is 44.1 Å². The summed E-state index contributed by atoms with van der Waals surface area (Å²) in [6.07, 6.45) is 1.87. The van der Waals surface area contributed by atoms with Crippen LogP contribution in [-0.4, -0.2) is 15.7 Å². The molecule has 1 heterocycles. The minimum Gasteiger partial charge on any atom is -0.461 e. The predicted octanol–water partition coefficient (Wildman–Crippen LogP) is 2.57. The van der Waals surface area contributed by atoms with Crippen LogP contribution in [0.4, 0.5) is 0 Å². The van der Waals surface area contributed by atoms with Crippen molar-refractivity contribution in [2.75, 3.05) is 0 Å². The van der Waals surface area contributed by atoms with Crippen LogP contribution in [0.15, 0.2) is 42.6 Å². The summed E-state index contributed by atoms with van der Waals surface area (Å²) >= 11 is 0. The largest absolute Gasteiger partial charge is 0.461 e. The van der Waals surface area contributed by atoms with Gasteiger partial charge in [0.2, 0.25) is 0 Å². The number of aryl methyl sites for hydroxylation is 1. The molecule has 1 atom stereocenters. The summed E-state index contributed by atoms with van der Waals surface area (Å²) < 4.78 is 7.06. The highest BCUT2D eigenvalue weighted by atomic mass is 16.5. The first-order chi connectivity index (χ1) is 9.15. The lowest BCUT2D eigenvalue weighted by Gasteiger charge is -2.11. The van der Waals surface area contributed by atoms with Crippen LogP contribution in [0, 0.1) is 12.8 Å². The number of hydrogen-bond acceptors (Lipinski definition) is 3. The van der Waals surface area contributed by atoms with Crippen LogP contribution in [-0.2, 0) is 22.7 Å². The average Bonchev–Trinajstić information content (AvgIpc) is 2.82. The Morgan fingerprint density at radius 3 is 2.68 bits per heavy atom. The van der Waals surface area contributed by atoms with Gasteiger partial charge in [0.25, 0.3) is 0 Å². The summed E-state index contributed by atoms with van der Waals surface area (Å²) in [6.45, 7) is 4.64. The van der Waals surface area contributed by atoms with Crippen molar-refractivity contribution in [3.63, 3.8) is 0 Å². The number of carbonyl (C=O) groups excluding carboxylic acids is 1. The smallest absolute Gasteiger partial charge is 0.310 e. The number of nitrogens with zero attached hydrogens (tertiary/aromatic N) is 2. The number of hydrogen-bond donors (Lipinski definition) is 0. The second-order valence-corrected chi connectivity index (χ2v) is 4.67. The van der Waals surface area contributed by atoms with Crippen molar-refractivity contribution in [3.05, 3.63) is 53.9 Å². The number of aromatic nitrogens is 2. The van der Waals surface area contributed by atoms with Gasteiger partial charge in [0.1, 0.15) is 6.61 Å². The maximum Gasteiger partial charge on any atom is 0.310 e. The van der Waals surface area contributed by atoms with Crippen LogP contribution < -0.4 is 0 Å². The van der Waals surface area contributed by atoms with Crippen molar-refractivity contribution in [1.82, 2.24) is 9.78 Å². The molecular weight excluding hydrogens is 240 g/mol. The Bertz CT molecular complexity index is 534. The van der Waals surface area contributed by atoms with Crippen LogP contribution in [0.5, 0.6) is 0 Å². The highest BCUT2D eigenvalue weighted by Gasteiger charge is 2.15. The second kappa shape index (κ2) is 6.18. The molecule has 0 bridgehead atoms. The van der Waals surface area contributed by atoms with Crippen molar-refractivity contribution < 1.29 is 9.53 Å². The van der Waals surface area contributed by atoms with E-state index in [0.29, 0.717) is 13.2 Å². The van der Waals surface area contributed by atoms with Crippen molar-refractivity contribution >= 4 is 5.97 Å². The molecule has 4 nitrogen and oxygen atoms in total. The summed E-state index contributed by atoms with van der Waals surface area (Å²) in [7, 11) is 0. The van der Waals surface area contributed by atoms with Gasteiger partial charge in [0.15, 0.2) is 0 Å². The van der Waals surface area contributed by atoms with E-state index in [1.54, 1.807) is 4.68 Å². The Hall–Kier alpha value is -2.10. The van der Waals surface area contributed by atoms with E-state index >= 15 is 0 Å². The fraction of sp³-hybridized carbons (Fsp3) is 0.333. The number of ether oxygens (including phenoxy) is 1. The average molecular weight is 258 g/mol. The zero-order chi connectivity index (χ0) is 13.7. The van der Waals surface area contributed by atoms with E-state index in [2.05, 4.69) is 5.10 Å². The number of carbonyl (C=O) groups is 1. The van der Waals surface area contributed by atoms with Gasteiger partial charge in [-0.2, -0.15) is 5.10 Å². The molecular formula is C15H18N2O2. The molecule has 2 rings (SSSR count). The van der Waals surface area contributed by atoms with Crippen molar-refractivity contribution in [2.24, 2.45) is 5.92 Å². The Morgan fingerprint density at radius 2 is 2.05 bits per heavy atom. The molecule has 0 radical (unpaired) electrons. The lowest BCUT2D eigenvalue weighted by molar-refractivity contribution is -0.149. The first-order valence-corrected chi connectivity index (χ1v) is 6.36. The number of esters is 1. The molecule has 1 aromatic carbocycles. The van der Waals surface area contributed by atoms with Crippen molar-refractivity contribution in [2.45, 2.75) is 27.0 Å². The molecule has 19 heavy (non-hydrogen) atoms. The maximum atomic E-state index is 11.9. The summed E-state index contributed by atoms with van der Waals surface area (Å²) in [5.74, 6) is -0.403. The lowest BCUT2D eigenvalue weighted by atomic mass is 10.2. The molecule has 0 saturated carbocycles. The van der Waals surface area contributed by atoms with Gasteiger partial charge in [-0.1, -0.05) is 37.3 Å². The van der Waals surface area contributed by atoms with E-state index in [1.807, 2.05) is 56.4 Å². The molecule has 1 unspecified atom stereocenters. The van der Waals surface area contributed by atoms with Crippen molar-refractivity contribution in [1.29, 1.82) is 0 Å². The quantitative estimate of drug-likeness (QED) is 0.774. The van der Waals surface area contributed by atoms with Crippen LogP contribution >= 0.6 is 0 Å². The molecule has 0 saturated heterocycles. The van der Waals surface area contributed by atoms with E-state index in [1.165, 1.54) is 0 Å². The van der Waals surface area contributed by atoms with E-state index in [-0.39, 0.29) is 11.9 Å². The van der Waals surface area contributed by atoms with Gasteiger partial charge < -0.3 is 4.74 Å². The Labute approximate surface area is 113 Å². The molecule has 4 heteroatoms. The van der Waals surface area contributed by atoms with E-state index in [9.17, 15) is 4.79 Å². The molecule has 0 N–H and O–H groups in total. The monoisotopic (exact) mass is 258 g/mol. The molecule has 0 spiro atoms. The van der Waals surface area contributed by atoms with Gasteiger partial charge in [0, 0.05) is 6.20 Å². The SMILES string of the molecule is Cc1ccn(CC(C)C(=O)OCc2ccccc2)n1. The zero-order valence-electron chi connectivity index (χ0n) is 11.2. The number of rotatable bonds is 5. The third kappa shape index (κ3) is 3.95. The Balaban J connectivity index is 1.82. The summed E-state index contributed by atoms with van der Waals surface area (Å²) in [6, 6.07) is 11.6. The lowest BCUT2D eigenvalue weighted by Crippen LogP contribution is -2.20. The summed E-state index contributed by atoms with van der Waals surface area (Å²) in [4.78, 5) is 11.9. The van der Waals surface area contributed by atoms with Crippen LogP contribution in [0.1, 0.15) is 18.2 Å². The van der Waals surface area contributed by atoms with E-state index in [0.717, 1.165) is 11.3 Å². The van der Waals surface area contributed by atoms with Gasteiger partial charge in [-0.25, -0.2) is 0 Å². The fourth-order valence-corrected chi connectivity index (χ4v) is 1.79. The molecule has 0 fully saturated rings. The van der Waals surface area contributed by atoms with E-state index in [4.69, 9.17) is 4.74 Å². The zero-order valence-corrected chi connectivity index (χ0v) is 11.2. The Morgan fingerprint density at radius 1 is 1.32 bits per heavy atom. The van der Waals surface area contributed by atoms with Crippen molar-refractivity contribution in [3.8, 4) is 0 Å². The highest BCUT2D eigenvalue weighted by molar-refractivity contribution is 5.71. The molecule has 1 aromatic heterocycles. The molecule has 0 amide bonds. The van der Waals surface area contributed by atoms with Gasteiger partial charge >= 0.3 is 5.97 Å². The minimum absolute atomic E-state index is 0.197. The molecule has 0 aliphatic rings. The number of benzene rings is 1. The van der Waals surface area contributed by atoms with Gasteiger partial charge in [-0.05, 0) is 18.6 Å². The first-order valence-electron chi connectivity index (χ1n) is 6.36. The second-order valence-electron chi connectivity index (χ2n) is 4.67. The third-order valence-electron chi connectivity index (χ3n) is 2.86.